The van der Waals surface area contributed by atoms with Crippen LogP contribution in [0.5, 0.6) is 0 Å². The first kappa shape index (κ1) is 19.4. The Balaban J connectivity index is 0.00000210. The fourth-order valence-electron chi connectivity index (χ4n) is 3.58. The number of carbonyl (C=O) groups excluding carboxylic acids is 3. The molecule has 0 saturated heterocycles. The quantitative estimate of drug-likeness (QED) is 0.526. The molecule has 0 aromatic heterocycles. The summed E-state index contributed by atoms with van der Waals surface area (Å²) in [4.78, 5) is 38.9. The van der Waals surface area contributed by atoms with Crippen molar-refractivity contribution < 1.29 is 14.4 Å². The molecule has 3 nitrogen and oxygen atoms in total. The van der Waals surface area contributed by atoms with E-state index >= 15 is 0 Å². The fourth-order valence-corrected chi connectivity index (χ4v) is 3.58. The Labute approximate surface area is 179 Å². The second-order valence-electron chi connectivity index (χ2n) is 6.36. The summed E-state index contributed by atoms with van der Waals surface area (Å²) >= 11 is 0. The van der Waals surface area contributed by atoms with Crippen molar-refractivity contribution in [2.75, 3.05) is 0 Å². The number of rotatable bonds is 4. The van der Waals surface area contributed by atoms with Crippen LogP contribution in [0.25, 0.3) is 0 Å². The van der Waals surface area contributed by atoms with E-state index in [1.807, 2.05) is 60.7 Å². The van der Waals surface area contributed by atoms with Gasteiger partial charge in [-0.3, -0.25) is 14.4 Å². The van der Waals surface area contributed by atoms with Crippen molar-refractivity contribution in [3.05, 3.63) is 107 Å². The molecule has 0 aliphatic heterocycles. The number of Topliss-reactive ketones (excluding diaryl/α,β-unsaturated/α-hetero) is 3. The van der Waals surface area contributed by atoms with Crippen LogP contribution < -0.4 is 0 Å². The Hall–Kier alpha value is -2.33. The number of fused-ring (bicyclic) bond motifs is 1. The van der Waals surface area contributed by atoms with E-state index in [1.54, 1.807) is 24.3 Å². The van der Waals surface area contributed by atoms with Crippen LogP contribution in [-0.2, 0) is 4.79 Å². The number of ketones is 3. The van der Waals surface area contributed by atoms with Crippen LogP contribution in [0.3, 0.4) is 0 Å². The molecule has 0 atom stereocenters. The van der Waals surface area contributed by atoms with Gasteiger partial charge in [0, 0.05) is 11.1 Å². The average Bonchev–Trinajstić information content (AvgIpc) is 2.95. The van der Waals surface area contributed by atoms with Crippen LogP contribution in [0.1, 0.15) is 37.8 Å². The molecule has 0 N–H and O–H groups in total. The van der Waals surface area contributed by atoms with E-state index in [1.165, 1.54) is 0 Å². The summed E-state index contributed by atoms with van der Waals surface area (Å²) in [6.07, 6.45) is 0. The number of benzene rings is 3. The minimum absolute atomic E-state index is 0. The molecule has 0 saturated carbocycles. The van der Waals surface area contributed by atoms with Crippen molar-refractivity contribution in [3.63, 3.8) is 0 Å². The Morgan fingerprint density at radius 1 is 0.630 bits per heavy atom. The van der Waals surface area contributed by atoms with Gasteiger partial charge in [-0.05, 0) is 11.1 Å². The van der Waals surface area contributed by atoms with Crippen molar-refractivity contribution >= 4 is 46.9 Å². The molecule has 1 aliphatic rings. The third-order valence-corrected chi connectivity index (χ3v) is 4.82. The van der Waals surface area contributed by atoms with Crippen LogP contribution in [0.2, 0.25) is 0 Å². The minimum atomic E-state index is -1.27. The molecule has 27 heavy (non-hydrogen) atoms. The van der Waals surface area contributed by atoms with Gasteiger partial charge < -0.3 is 0 Å². The summed E-state index contributed by atoms with van der Waals surface area (Å²) in [6, 6.07) is 25.2. The first-order valence-corrected chi connectivity index (χ1v) is 8.49. The molecule has 128 valence electrons. The number of hydrogen-bond donors (Lipinski definition) is 0. The van der Waals surface area contributed by atoms with Gasteiger partial charge in [-0.15, -0.1) is 0 Å². The normalized spacial score (nSPS) is 13.4. The Kier molecular flexibility index (Phi) is 5.85. The molecule has 0 amide bonds. The van der Waals surface area contributed by atoms with Gasteiger partial charge in [0.1, 0.15) is 5.92 Å². The van der Waals surface area contributed by atoms with Gasteiger partial charge in [0.15, 0.2) is 17.3 Å². The van der Waals surface area contributed by atoms with Crippen molar-refractivity contribution in [1.29, 1.82) is 0 Å². The molecular weight excluding hydrogens is 347 g/mol. The van der Waals surface area contributed by atoms with E-state index in [9.17, 15) is 14.4 Å². The fraction of sp³-hybridized carbons (Fsp3) is 0.0870. The molecule has 0 spiro atoms. The van der Waals surface area contributed by atoms with Gasteiger partial charge >= 0.3 is 29.6 Å². The first-order valence-electron chi connectivity index (χ1n) is 8.49. The summed E-state index contributed by atoms with van der Waals surface area (Å²) in [5.41, 5.74) is 2.24. The van der Waals surface area contributed by atoms with Gasteiger partial charge in [-0.1, -0.05) is 84.9 Å². The van der Waals surface area contributed by atoms with E-state index in [0.29, 0.717) is 11.1 Å². The van der Waals surface area contributed by atoms with E-state index in [4.69, 9.17) is 0 Å². The van der Waals surface area contributed by atoms with Gasteiger partial charge in [0.2, 0.25) is 0 Å². The Morgan fingerprint density at radius 2 is 1.00 bits per heavy atom. The Bertz CT molecular complexity index is 922. The van der Waals surface area contributed by atoms with E-state index in [2.05, 4.69) is 0 Å². The molecule has 0 fully saturated rings. The number of carbonyl (C=O) groups is 3. The number of hydrogen-bond acceptors (Lipinski definition) is 3. The van der Waals surface area contributed by atoms with Crippen LogP contribution in [0.15, 0.2) is 84.9 Å². The average molecular weight is 364 g/mol. The maximum atomic E-state index is 13.4. The Morgan fingerprint density at radius 3 is 1.41 bits per heavy atom. The second kappa shape index (κ2) is 8.13. The van der Waals surface area contributed by atoms with Crippen molar-refractivity contribution in [2.45, 2.75) is 5.92 Å². The zero-order valence-corrected chi connectivity index (χ0v) is 14.0. The monoisotopic (exact) mass is 364 g/mol. The van der Waals surface area contributed by atoms with Crippen molar-refractivity contribution in [1.82, 2.24) is 0 Å². The molecular formula is C23H17NaO3. The second-order valence-corrected chi connectivity index (χ2v) is 6.36. The molecule has 3 aromatic carbocycles. The summed E-state index contributed by atoms with van der Waals surface area (Å²) in [7, 11) is 0. The van der Waals surface area contributed by atoms with E-state index in [0.717, 1.165) is 11.1 Å². The molecule has 4 heteroatoms. The third-order valence-electron chi connectivity index (χ3n) is 4.82. The van der Waals surface area contributed by atoms with Crippen LogP contribution >= 0.6 is 0 Å². The van der Waals surface area contributed by atoms with E-state index in [-0.39, 0.29) is 35.3 Å². The predicted octanol–water partition coefficient (Wildman–Crippen LogP) is 3.43. The first-order chi connectivity index (χ1) is 12.7. The zero-order valence-electron chi connectivity index (χ0n) is 14.0. The predicted molar refractivity (Wildman–Crippen MR) is 105 cm³/mol. The maximum absolute atomic E-state index is 13.4. The summed E-state index contributed by atoms with van der Waals surface area (Å²) in [5, 5.41) is 0. The summed E-state index contributed by atoms with van der Waals surface area (Å²) in [5.74, 6) is -3.07. The molecule has 1 aliphatic carbocycles. The van der Waals surface area contributed by atoms with Crippen LogP contribution in [0, 0.1) is 5.92 Å². The van der Waals surface area contributed by atoms with Gasteiger partial charge in [-0.25, -0.2) is 0 Å². The molecule has 3 aromatic rings. The molecule has 0 bridgehead atoms. The standard InChI is InChI=1S/C23H16O3.Na.H/c24-21-17-13-7-8-14-18(17)22(25)20(21)23(26)19(15-9-3-1-4-10-15)16-11-5-2-6-12-16;;/h1-14,19-20H;;. The SMILES string of the molecule is O=C1c2ccccc2C(=O)C1C(=O)C(c1ccccc1)c1ccccc1.[NaH]. The molecule has 0 unspecified atom stereocenters. The third kappa shape index (κ3) is 3.46. The molecule has 4 rings (SSSR count). The zero-order chi connectivity index (χ0) is 18.1. The topological polar surface area (TPSA) is 51.2 Å². The molecule has 0 heterocycles. The summed E-state index contributed by atoms with van der Waals surface area (Å²) < 4.78 is 0. The van der Waals surface area contributed by atoms with Crippen molar-refractivity contribution in [3.8, 4) is 0 Å². The van der Waals surface area contributed by atoms with Gasteiger partial charge in [0.05, 0.1) is 5.92 Å². The van der Waals surface area contributed by atoms with Crippen LogP contribution in [0.4, 0.5) is 0 Å². The summed E-state index contributed by atoms with van der Waals surface area (Å²) in [6.45, 7) is 0. The van der Waals surface area contributed by atoms with Crippen molar-refractivity contribution in [2.24, 2.45) is 5.92 Å². The van der Waals surface area contributed by atoms with Gasteiger partial charge in [0.25, 0.3) is 0 Å². The van der Waals surface area contributed by atoms with Crippen LogP contribution in [-0.4, -0.2) is 46.9 Å². The molecule has 0 radical (unpaired) electrons. The van der Waals surface area contributed by atoms with Gasteiger partial charge in [-0.2, -0.15) is 0 Å². The van der Waals surface area contributed by atoms with E-state index < -0.39 is 23.4 Å².